The SMILES string of the molecule is COC(=O)C(Br)CNCc1cc(Br)cc2c1OCC2. The van der Waals surface area contributed by atoms with E-state index in [1.165, 1.54) is 12.7 Å². The van der Waals surface area contributed by atoms with Gasteiger partial charge in [0.15, 0.2) is 0 Å². The first-order valence-corrected chi connectivity index (χ1v) is 7.69. The minimum atomic E-state index is -0.335. The van der Waals surface area contributed by atoms with Gasteiger partial charge in [0.25, 0.3) is 0 Å². The number of nitrogens with one attached hydrogen (secondary N) is 1. The summed E-state index contributed by atoms with van der Waals surface area (Å²) in [7, 11) is 1.38. The zero-order chi connectivity index (χ0) is 13.8. The monoisotopic (exact) mass is 391 g/mol. The van der Waals surface area contributed by atoms with Crippen LogP contribution in [0.3, 0.4) is 0 Å². The average molecular weight is 393 g/mol. The molecule has 0 bridgehead atoms. The third-order valence-electron chi connectivity index (χ3n) is 2.92. The van der Waals surface area contributed by atoms with Crippen LogP contribution in [0.4, 0.5) is 0 Å². The molecule has 2 rings (SSSR count). The van der Waals surface area contributed by atoms with Crippen molar-refractivity contribution in [3.8, 4) is 5.75 Å². The number of hydrogen-bond acceptors (Lipinski definition) is 4. The zero-order valence-electron chi connectivity index (χ0n) is 10.5. The van der Waals surface area contributed by atoms with Crippen LogP contribution in [0.5, 0.6) is 5.75 Å². The number of alkyl halides is 1. The van der Waals surface area contributed by atoms with Crippen molar-refractivity contribution in [2.24, 2.45) is 0 Å². The number of carbonyl (C=O) groups excluding carboxylic acids is 1. The molecule has 4 nitrogen and oxygen atoms in total. The van der Waals surface area contributed by atoms with Gasteiger partial charge in [-0.05, 0) is 17.7 Å². The first kappa shape index (κ1) is 14.8. The van der Waals surface area contributed by atoms with Crippen molar-refractivity contribution in [2.75, 3.05) is 20.3 Å². The number of benzene rings is 1. The summed E-state index contributed by atoms with van der Waals surface area (Å²) in [5.41, 5.74) is 2.33. The Balaban J connectivity index is 1.95. The molecule has 1 aliphatic heterocycles. The van der Waals surface area contributed by atoms with Crippen molar-refractivity contribution < 1.29 is 14.3 Å². The largest absolute Gasteiger partial charge is 0.493 e. The van der Waals surface area contributed by atoms with Gasteiger partial charge in [0.2, 0.25) is 0 Å². The van der Waals surface area contributed by atoms with Crippen LogP contribution in [0.15, 0.2) is 16.6 Å². The van der Waals surface area contributed by atoms with E-state index in [2.05, 4.69) is 48.0 Å². The normalized spacial score (nSPS) is 14.7. The summed E-state index contributed by atoms with van der Waals surface area (Å²) in [5, 5.41) is 3.23. The molecule has 0 spiro atoms. The van der Waals surface area contributed by atoms with Crippen molar-refractivity contribution >= 4 is 37.8 Å². The fourth-order valence-corrected chi connectivity index (χ4v) is 2.99. The van der Waals surface area contributed by atoms with Crippen LogP contribution in [0.25, 0.3) is 0 Å². The predicted octanol–water partition coefficient (Wildman–Crippen LogP) is 2.41. The standard InChI is InChI=1S/C13H15Br2NO3/c1-18-13(17)11(15)7-16-6-9-5-10(14)4-8-2-3-19-12(8)9/h4-5,11,16H,2-3,6-7H2,1H3. The molecule has 1 aliphatic rings. The van der Waals surface area contributed by atoms with Crippen LogP contribution in [-0.2, 0) is 22.5 Å². The minimum absolute atomic E-state index is 0.275. The van der Waals surface area contributed by atoms with Gasteiger partial charge in [-0.2, -0.15) is 0 Å². The molecule has 0 amide bonds. The highest BCUT2D eigenvalue weighted by molar-refractivity contribution is 9.10. The van der Waals surface area contributed by atoms with Crippen molar-refractivity contribution in [1.82, 2.24) is 5.32 Å². The van der Waals surface area contributed by atoms with E-state index in [0.29, 0.717) is 13.1 Å². The summed E-state index contributed by atoms with van der Waals surface area (Å²) in [4.78, 5) is 10.9. The molecule has 6 heteroatoms. The lowest BCUT2D eigenvalue weighted by molar-refractivity contribution is -0.139. The van der Waals surface area contributed by atoms with Gasteiger partial charge in [-0.1, -0.05) is 31.9 Å². The maximum Gasteiger partial charge on any atom is 0.320 e. The summed E-state index contributed by atoms with van der Waals surface area (Å²) in [6, 6.07) is 4.13. The number of methoxy groups -OCH3 is 1. The lowest BCUT2D eigenvalue weighted by Gasteiger charge is -2.12. The summed E-state index contributed by atoms with van der Waals surface area (Å²) in [5.74, 6) is 0.697. The molecule has 0 aromatic heterocycles. The Morgan fingerprint density at radius 3 is 3.11 bits per heavy atom. The second-order valence-corrected chi connectivity index (χ2v) is 6.29. The van der Waals surface area contributed by atoms with E-state index in [1.807, 2.05) is 6.07 Å². The van der Waals surface area contributed by atoms with E-state index < -0.39 is 0 Å². The smallest absolute Gasteiger partial charge is 0.320 e. The Bertz CT molecular complexity index is 479. The van der Waals surface area contributed by atoms with Crippen LogP contribution in [0.2, 0.25) is 0 Å². The van der Waals surface area contributed by atoms with Gasteiger partial charge in [0.1, 0.15) is 10.6 Å². The van der Waals surface area contributed by atoms with E-state index in [1.54, 1.807) is 0 Å². The average Bonchev–Trinajstić information content (AvgIpc) is 2.85. The Morgan fingerprint density at radius 1 is 1.58 bits per heavy atom. The highest BCUT2D eigenvalue weighted by Gasteiger charge is 2.18. The second-order valence-electron chi connectivity index (χ2n) is 4.27. The summed E-state index contributed by atoms with van der Waals surface area (Å²) >= 11 is 6.78. The quantitative estimate of drug-likeness (QED) is 0.617. The van der Waals surface area contributed by atoms with Crippen LogP contribution in [-0.4, -0.2) is 31.1 Å². The second kappa shape index (κ2) is 6.72. The molecule has 0 radical (unpaired) electrons. The van der Waals surface area contributed by atoms with Crippen LogP contribution in [0, 0.1) is 0 Å². The third-order valence-corrected chi connectivity index (χ3v) is 4.08. The van der Waals surface area contributed by atoms with Crippen molar-refractivity contribution in [1.29, 1.82) is 0 Å². The molecule has 0 saturated carbocycles. The van der Waals surface area contributed by atoms with Crippen molar-refractivity contribution in [2.45, 2.75) is 17.8 Å². The Hall–Kier alpha value is -0.590. The predicted molar refractivity (Wildman–Crippen MR) is 79.8 cm³/mol. The van der Waals surface area contributed by atoms with Crippen LogP contribution >= 0.6 is 31.9 Å². The minimum Gasteiger partial charge on any atom is -0.493 e. The third kappa shape index (κ3) is 3.70. The number of rotatable bonds is 5. The number of esters is 1. The zero-order valence-corrected chi connectivity index (χ0v) is 13.7. The molecule has 0 saturated heterocycles. The van der Waals surface area contributed by atoms with Gasteiger partial charge in [0.05, 0.1) is 13.7 Å². The van der Waals surface area contributed by atoms with Gasteiger partial charge in [-0.3, -0.25) is 4.79 Å². The topological polar surface area (TPSA) is 47.6 Å². The highest BCUT2D eigenvalue weighted by atomic mass is 79.9. The van der Waals surface area contributed by atoms with Crippen LogP contribution < -0.4 is 10.1 Å². The number of hydrogen-bond donors (Lipinski definition) is 1. The first-order chi connectivity index (χ1) is 9.11. The molecule has 0 fully saturated rings. The summed E-state index contributed by atoms with van der Waals surface area (Å²) in [6.45, 7) is 1.90. The molecule has 1 atom stereocenters. The first-order valence-electron chi connectivity index (χ1n) is 5.98. The van der Waals surface area contributed by atoms with Crippen LogP contribution in [0.1, 0.15) is 11.1 Å². The fraction of sp³-hybridized carbons (Fsp3) is 0.462. The molecule has 1 N–H and O–H groups in total. The number of fused-ring (bicyclic) bond motifs is 1. The van der Waals surface area contributed by atoms with Crippen molar-refractivity contribution in [3.63, 3.8) is 0 Å². The molecular formula is C13H15Br2NO3. The molecule has 19 heavy (non-hydrogen) atoms. The number of carbonyl (C=O) groups is 1. The summed E-state index contributed by atoms with van der Waals surface area (Å²) < 4.78 is 11.3. The molecule has 1 aromatic rings. The Kier molecular flexibility index (Phi) is 5.24. The van der Waals surface area contributed by atoms with Gasteiger partial charge in [-0.25, -0.2) is 0 Å². The molecule has 104 valence electrons. The van der Waals surface area contributed by atoms with Gasteiger partial charge < -0.3 is 14.8 Å². The lowest BCUT2D eigenvalue weighted by atomic mass is 10.1. The Labute approximate surface area is 129 Å². The van der Waals surface area contributed by atoms with E-state index in [4.69, 9.17) is 4.74 Å². The molecule has 1 heterocycles. The summed E-state index contributed by atoms with van der Waals surface area (Å²) in [6.07, 6.45) is 0.949. The van der Waals surface area contributed by atoms with Gasteiger partial charge in [0, 0.05) is 29.5 Å². The maximum atomic E-state index is 11.3. The van der Waals surface area contributed by atoms with Gasteiger partial charge in [-0.15, -0.1) is 0 Å². The molecule has 1 aromatic carbocycles. The Morgan fingerprint density at radius 2 is 2.37 bits per heavy atom. The van der Waals surface area contributed by atoms with E-state index >= 15 is 0 Å². The van der Waals surface area contributed by atoms with E-state index in [9.17, 15) is 4.79 Å². The molecule has 1 unspecified atom stereocenters. The lowest BCUT2D eigenvalue weighted by Crippen LogP contribution is -2.29. The molecular weight excluding hydrogens is 378 g/mol. The van der Waals surface area contributed by atoms with E-state index in [-0.39, 0.29) is 10.8 Å². The van der Waals surface area contributed by atoms with Gasteiger partial charge >= 0.3 is 5.97 Å². The number of halogens is 2. The molecule has 0 aliphatic carbocycles. The number of ether oxygens (including phenoxy) is 2. The van der Waals surface area contributed by atoms with Crippen molar-refractivity contribution in [3.05, 3.63) is 27.7 Å². The fourth-order valence-electron chi connectivity index (χ4n) is 2.02. The van der Waals surface area contributed by atoms with E-state index in [0.717, 1.165) is 28.8 Å². The highest BCUT2D eigenvalue weighted by Crippen LogP contribution is 2.32. The maximum absolute atomic E-state index is 11.3.